The molecule has 4 nitrogen and oxygen atoms in total. The molecule has 0 radical (unpaired) electrons. The van der Waals surface area contributed by atoms with Crippen molar-refractivity contribution in [3.63, 3.8) is 0 Å². The van der Waals surface area contributed by atoms with Crippen LogP contribution in [0.4, 0.5) is 5.69 Å². The van der Waals surface area contributed by atoms with E-state index in [-0.39, 0.29) is 0 Å². The Hall–Kier alpha value is -2.49. The number of aryl methyl sites for hydroxylation is 1. The van der Waals surface area contributed by atoms with Crippen molar-refractivity contribution >= 4 is 11.6 Å². The smallest absolute Gasteiger partial charge is 0.248 e. The zero-order chi connectivity index (χ0) is 13.1. The predicted octanol–water partition coefficient (Wildman–Crippen LogP) is 2.47. The topological polar surface area (TPSA) is 78.3 Å². The lowest BCUT2D eigenvalue weighted by Gasteiger charge is -2.09. The lowest BCUT2D eigenvalue weighted by molar-refractivity contribution is 0.1000. The van der Waals surface area contributed by atoms with Crippen molar-refractivity contribution < 1.29 is 9.53 Å². The molecule has 0 fully saturated rings. The van der Waals surface area contributed by atoms with E-state index in [0.29, 0.717) is 22.7 Å². The Morgan fingerprint density at radius 2 is 1.94 bits per heavy atom. The molecule has 0 saturated carbocycles. The average molecular weight is 242 g/mol. The minimum absolute atomic E-state index is 0.402. The molecular formula is C14H14N2O2. The molecule has 18 heavy (non-hydrogen) atoms. The molecule has 2 rings (SSSR count). The van der Waals surface area contributed by atoms with Gasteiger partial charge in [0.15, 0.2) is 5.75 Å². The monoisotopic (exact) mass is 242 g/mol. The summed E-state index contributed by atoms with van der Waals surface area (Å²) < 4.78 is 5.65. The summed E-state index contributed by atoms with van der Waals surface area (Å²) in [4.78, 5) is 11.1. The number of ether oxygens (including phenoxy) is 1. The summed E-state index contributed by atoms with van der Waals surface area (Å²) in [5.41, 5.74) is 13.0. The van der Waals surface area contributed by atoms with E-state index in [4.69, 9.17) is 16.2 Å². The first-order valence-electron chi connectivity index (χ1n) is 5.50. The number of amides is 1. The van der Waals surface area contributed by atoms with Gasteiger partial charge in [-0.05, 0) is 42.8 Å². The van der Waals surface area contributed by atoms with Crippen LogP contribution < -0.4 is 16.2 Å². The third kappa shape index (κ3) is 2.60. The van der Waals surface area contributed by atoms with Gasteiger partial charge in [-0.1, -0.05) is 12.1 Å². The van der Waals surface area contributed by atoms with Crippen LogP contribution in [0.5, 0.6) is 11.5 Å². The van der Waals surface area contributed by atoms with Crippen molar-refractivity contribution in [2.24, 2.45) is 5.73 Å². The second-order valence-corrected chi connectivity index (χ2v) is 4.04. The van der Waals surface area contributed by atoms with Gasteiger partial charge in [0.25, 0.3) is 0 Å². The lowest BCUT2D eigenvalue weighted by atomic mass is 10.2. The van der Waals surface area contributed by atoms with Crippen molar-refractivity contribution in [1.29, 1.82) is 0 Å². The molecule has 0 aromatic heterocycles. The van der Waals surface area contributed by atoms with Crippen LogP contribution in [-0.2, 0) is 0 Å². The van der Waals surface area contributed by atoms with Gasteiger partial charge >= 0.3 is 0 Å². The van der Waals surface area contributed by atoms with Gasteiger partial charge < -0.3 is 16.2 Å². The Bertz CT molecular complexity index is 594. The Labute approximate surface area is 105 Å². The Kier molecular flexibility index (Phi) is 3.19. The molecule has 2 aromatic rings. The van der Waals surface area contributed by atoms with E-state index in [1.54, 1.807) is 30.3 Å². The summed E-state index contributed by atoms with van der Waals surface area (Å²) in [6, 6.07) is 12.2. The van der Waals surface area contributed by atoms with Crippen molar-refractivity contribution in [2.45, 2.75) is 6.92 Å². The summed E-state index contributed by atoms with van der Waals surface area (Å²) in [6.07, 6.45) is 0. The standard InChI is InChI=1S/C14H14N2O2/c1-9-5-6-12(15)13(7-9)18-11-4-2-3-10(8-11)14(16)17/h2-8H,15H2,1H3,(H2,16,17). The SMILES string of the molecule is Cc1ccc(N)c(Oc2cccc(C(N)=O)c2)c1. The number of anilines is 1. The fourth-order valence-electron chi connectivity index (χ4n) is 1.57. The zero-order valence-corrected chi connectivity index (χ0v) is 10.0. The van der Waals surface area contributed by atoms with Gasteiger partial charge in [-0.15, -0.1) is 0 Å². The van der Waals surface area contributed by atoms with E-state index < -0.39 is 5.91 Å². The fraction of sp³-hybridized carbons (Fsp3) is 0.0714. The van der Waals surface area contributed by atoms with Crippen molar-refractivity contribution in [3.8, 4) is 11.5 Å². The van der Waals surface area contributed by atoms with Gasteiger partial charge in [-0.25, -0.2) is 0 Å². The summed E-state index contributed by atoms with van der Waals surface area (Å²) >= 11 is 0. The largest absolute Gasteiger partial charge is 0.455 e. The summed E-state index contributed by atoms with van der Waals surface area (Å²) in [5, 5.41) is 0. The highest BCUT2D eigenvalue weighted by molar-refractivity contribution is 5.93. The molecule has 1 amide bonds. The summed E-state index contributed by atoms with van der Waals surface area (Å²) in [6.45, 7) is 1.95. The minimum Gasteiger partial charge on any atom is -0.455 e. The maximum Gasteiger partial charge on any atom is 0.248 e. The predicted molar refractivity (Wildman–Crippen MR) is 70.6 cm³/mol. The van der Waals surface area contributed by atoms with Gasteiger partial charge in [-0.2, -0.15) is 0 Å². The Morgan fingerprint density at radius 1 is 1.17 bits per heavy atom. The number of benzene rings is 2. The number of hydrogen-bond donors (Lipinski definition) is 2. The maximum atomic E-state index is 11.1. The number of carbonyl (C=O) groups is 1. The van der Waals surface area contributed by atoms with Crippen LogP contribution in [0, 0.1) is 6.92 Å². The lowest BCUT2D eigenvalue weighted by Crippen LogP contribution is -2.10. The molecule has 0 heterocycles. The van der Waals surface area contributed by atoms with E-state index in [0.717, 1.165) is 5.56 Å². The van der Waals surface area contributed by atoms with E-state index in [1.807, 2.05) is 19.1 Å². The normalized spacial score (nSPS) is 10.1. The van der Waals surface area contributed by atoms with Gasteiger partial charge in [0.05, 0.1) is 5.69 Å². The second kappa shape index (κ2) is 4.79. The van der Waals surface area contributed by atoms with E-state index >= 15 is 0 Å². The van der Waals surface area contributed by atoms with E-state index in [1.165, 1.54) is 0 Å². The van der Waals surface area contributed by atoms with Crippen molar-refractivity contribution in [2.75, 3.05) is 5.73 Å². The number of nitrogens with two attached hydrogens (primary N) is 2. The minimum atomic E-state index is -0.488. The number of carbonyl (C=O) groups excluding carboxylic acids is 1. The molecule has 0 atom stereocenters. The molecule has 2 aromatic carbocycles. The molecule has 0 spiro atoms. The second-order valence-electron chi connectivity index (χ2n) is 4.04. The molecule has 0 bridgehead atoms. The molecule has 0 aliphatic heterocycles. The van der Waals surface area contributed by atoms with Crippen LogP contribution in [0.15, 0.2) is 42.5 Å². The first-order chi connectivity index (χ1) is 8.56. The van der Waals surface area contributed by atoms with Crippen LogP contribution in [0.1, 0.15) is 15.9 Å². The van der Waals surface area contributed by atoms with Crippen LogP contribution in [-0.4, -0.2) is 5.91 Å². The number of primary amides is 1. The third-order valence-electron chi connectivity index (χ3n) is 2.52. The highest BCUT2D eigenvalue weighted by Gasteiger charge is 2.05. The molecule has 0 aliphatic carbocycles. The van der Waals surface area contributed by atoms with Gasteiger partial charge in [0, 0.05) is 5.56 Å². The van der Waals surface area contributed by atoms with Crippen molar-refractivity contribution in [3.05, 3.63) is 53.6 Å². The molecule has 4 heteroatoms. The van der Waals surface area contributed by atoms with Gasteiger partial charge in [0.2, 0.25) is 5.91 Å². The molecule has 4 N–H and O–H groups in total. The van der Waals surface area contributed by atoms with E-state index in [9.17, 15) is 4.79 Å². The van der Waals surface area contributed by atoms with E-state index in [2.05, 4.69) is 0 Å². The van der Waals surface area contributed by atoms with Crippen molar-refractivity contribution in [1.82, 2.24) is 0 Å². The first-order valence-corrected chi connectivity index (χ1v) is 5.50. The summed E-state index contributed by atoms with van der Waals surface area (Å²) in [7, 11) is 0. The average Bonchev–Trinajstić information content (AvgIpc) is 2.34. The molecule has 92 valence electrons. The van der Waals surface area contributed by atoms with Crippen LogP contribution in [0.25, 0.3) is 0 Å². The van der Waals surface area contributed by atoms with Crippen LogP contribution in [0.2, 0.25) is 0 Å². The number of hydrogen-bond acceptors (Lipinski definition) is 3. The molecule has 0 aliphatic rings. The quantitative estimate of drug-likeness (QED) is 0.811. The third-order valence-corrected chi connectivity index (χ3v) is 2.52. The van der Waals surface area contributed by atoms with Crippen LogP contribution in [0.3, 0.4) is 0 Å². The maximum absolute atomic E-state index is 11.1. The molecule has 0 saturated heterocycles. The first kappa shape index (κ1) is 12.0. The number of rotatable bonds is 3. The van der Waals surface area contributed by atoms with Crippen LogP contribution >= 0.6 is 0 Å². The Morgan fingerprint density at radius 3 is 2.67 bits per heavy atom. The summed E-state index contributed by atoms with van der Waals surface area (Å²) in [5.74, 6) is 0.609. The van der Waals surface area contributed by atoms with Gasteiger partial charge in [-0.3, -0.25) is 4.79 Å². The molecule has 0 unspecified atom stereocenters. The Balaban J connectivity index is 2.31. The fourth-order valence-corrected chi connectivity index (χ4v) is 1.57. The highest BCUT2D eigenvalue weighted by Crippen LogP contribution is 2.28. The molecular weight excluding hydrogens is 228 g/mol. The van der Waals surface area contributed by atoms with Gasteiger partial charge in [0.1, 0.15) is 5.75 Å². The number of nitrogen functional groups attached to an aromatic ring is 1. The zero-order valence-electron chi connectivity index (χ0n) is 10.0. The highest BCUT2D eigenvalue weighted by atomic mass is 16.5.